The summed E-state index contributed by atoms with van der Waals surface area (Å²) in [6.45, 7) is 5.47. The number of amides is 2. The molecule has 2 amide bonds. The zero-order valence-corrected chi connectivity index (χ0v) is 16.9. The lowest BCUT2D eigenvalue weighted by Gasteiger charge is -2.10. The molecule has 6 nitrogen and oxygen atoms in total. The highest BCUT2D eigenvalue weighted by atomic mass is 35.5. The molecule has 7 heteroatoms. The average molecular weight is 403 g/mol. The predicted octanol–water partition coefficient (Wildman–Crippen LogP) is 3.45. The molecule has 0 aliphatic carbocycles. The Morgan fingerprint density at radius 2 is 1.57 bits per heavy atom. The summed E-state index contributed by atoms with van der Waals surface area (Å²) in [5.74, 6) is -0.581. The van der Waals surface area contributed by atoms with E-state index in [-0.39, 0.29) is 25.2 Å². The van der Waals surface area contributed by atoms with Crippen molar-refractivity contribution < 1.29 is 19.1 Å². The van der Waals surface area contributed by atoms with Crippen molar-refractivity contribution in [1.82, 2.24) is 10.9 Å². The van der Waals surface area contributed by atoms with Crippen molar-refractivity contribution in [1.29, 1.82) is 0 Å². The molecule has 0 aromatic heterocycles. The molecule has 28 heavy (non-hydrogen) atoms. The number of nitrogens with one attached hydrogen (secondary N) is 2. The topological polar surface area (TPSA) is 84.5 Å². The number of rotatable bonds is 7. The maximum atomic E-state index is 12.2. The van der Waals surface area contributed by atoms with Crippen LogP contribution in [-0.4, -0.2) is 24.2 Å². The fraction of sp³-hybridized carbons (Fsp3) is 0.286. The lowest BCUT2D eigenvalue weighted by atomic mass is 10.0. The molecule has 2 aromatic rings. The van der Waals surface area contributed by atoms with Crippen LogP contribution >= 0.6 is 11.6 Å². The zero-order chi connectivity index (χ0) is 20.7. The van der Waals surface area contributed by atoms with E-state index < -0.39 is 11.8 Å². The monoisotopic (exact) mass is 402 g/mol. The van der Waals surface area contributed by atoms with E-state index in [4.69, 9.17) is 16.3 Å². The number of halogens is 1. The highest BCUT2D eigenvalue weighted by molar-refractivity contribution is 6.31. The number of Topliss-reactive ketones (excluding diaryl/α,β-unsaturated/α-hetero) is 1. The standard InChI is InChI=1S/C21H23ClN2O4/c1-13-4-5-16(10-14(13)2)19(25)8-9-20(26)23-24-21(27)12-28-17-6-7-18(22)15(3)11-17/h4-7,10-11H,8-9,12H2,1-3H3,(H,23,26)(H,24,27). The first kappa shape index (κ1) is 21.4. The molecular weight excluding hydrogens is 380 g/mol. The summed E-state index contributed by atoms with van der Waals surface area (Å²) < 4.78 is 5.34. The molecule has 0 atom stereocenters. The lowest BCUT2D eigenvalue weighted by Crippen LogP contribution is -2.43. The summed E-state index contributed by atoms with van der Waals surface area (Å²) >= 11 is 5.93. The fourth-order valence-corrected chi connectivity index (χ4v) is 2.50. The van der Waals surface area contributed by atoms with Gasteiger partial charge in [0.15, 0.2) is 12.4 Å². The first-order chi connectivity index (χ1) is 13.3. The van der Waals surface area contributed by atoms with E-state index in [1.54, 1.807) is 24.3 Å². The average Bonchev–Trinajstić information content (AvgIpc) is 2.67. The van der Waals surface area contributed by atoms with E-state index in [2.05, 4.69) is 10.9 Å². The van der Waals surface area contributed by atoms with Crippen LogP contribution in [0.4, 0.5) is 0 Å². The van der Waals surface area contributed by atoms with E-state index in [0.717, 1.165) is 16.7 Å². The molecule has 0 radical (unpaired) electrons. The minimum Gasteiger partial charge on any atom is -0.484 e. The Labute approximate surface area is 169 Å². The first-order valence-corrected chi connectivity index (χ1v) is 9.21. The van der Waals surface area contributed by atoms with Gasteiger partial charge in [0.2, 0.25) is 5.91 Å². The number of carbonyl (C=O) groups excluding carboxylic acids is 3. The Hall–Kier alpha value is -2.86. The van der Waals surface area contributed by atoms with Crippen molar-refractivity contribution in [2.24, 2.45) is 0 Å². The minimum absolute atomic E-state index is 0.0245. The second-order valence-corrected chi connectivity index (χ2v) is 6.93. The predicted molar refractivity (Wildman–Crippen MR) is 107 cm³/mol. The van der Waals surface area contributed by atoms with Crippen LogP contribution in [0, 0.1) is 20.8 Å². The molecule has 148 valence electrons. The van der Waals surface area contributed by atoms with E-state index in [1.165, 1.54) is 0 Å². The van der Waals surface area contributed by atoms with Crippen LogP contribution in [-0.2, 0) is 9.59 Å². The van der Waals surface area contributed by atoms with Gasteiger partial charge >= 0.3 is 0 Å². The van der Waals surface area contributed by atoms with E-state index >= 15 is 0 Å². The lowest BCUT2D eigenvalue weighted by molar-refractivity contribution is -0.130. The molecule has 0 unspecified atom stereocenters. The van der Waals surface area contributed by atoms with Crippen molar-refractivity contribution in [2.45, 2.75) is 33.6 Å². The van der Waals surface area contributed by atoms with Crippen molar-refractivity contribution in [3.05, 3.63) is 63.7 Å². The summed E-state index contributed by atoms with van der Waals surface area (Å²) in [5.41, 5.74) is 8.07. The van der Waals surface area contributed by atoms with Gasteiger partial charge in [-0.25, -0.2) is 0 Å². The van der Waals surface area contributed by atoms with Crippen LogP contribution in [0.15, 0.2) is 36.4 Å². The van der Waals surface area contributed by atoms with Crippen molar-refractivity contribution in [3.8, 4) is 5.75 Å². The Bertz CT molecular complexity index is 896. The van der Waals surface area contributed by atoms with Gasteiger partial charge in [-0.2, -0.15) is 0 Å². The molecule has 0 spiro atoms. The molecule has 0 heterocycles. The number of hydrogen-bond donors (Lipinski definition) is 2. The van der Waals surface area contributed by atoms with Crippen molar-refractivity contribution >= 4 is 29.2 Å². The third kappa shape index (κ3) is 6.39. The van der Waals surface area contributed by atoms with Gasteiger partial charge in [-0.3, -0.25) is 25.2 Å². The Morgan fingerprint density at radius 3 is 2.25 bits per heavy atom. The molecule has 0 bridgehead atoms. The van der Waals surface area contributed by atoms with Crippen molar-refractivity contribution in [2.75, 3.05) is 6.61 Å². The minimum atomic E-state index is -0.513. The largest absolute Gasteiger partial charge is 0.484 e. The van der Waals surface area contributed by atoms with Crippen LogP contribution in [0.3, 0.4) is 0 Å². The zero-order valence-electron chi connectivity index (χ0n) is 16.1. The van der Waals surface area contributed by atoms with E-state index in [1.807, 2.05) is 32.9 Å². The number of carbonyl (C=O) groups is 3. The fourth-order valence-electron chi connectivity index (χ4n) is 2.38. The Balaban J connectivity index is 1.71. The van der Waals surface area contributed by atoms with Crippen molar-refractivity contribution in [3.63, 3.8) is 0 Å². The number of hydrogen-bond acceptors (Lipinski definition) is 4. The van der Waals surface area contributed by atoms with Gasteiger partial charge in [-0.05, 0) is 61.7 Å². The Morgan fingerprint density at radius 1 is 0.857 bits per heavy atom. The number of hydrazine groups is 1. The van der Waals surface area contributed by atoms with E-state index in [0.29, 0.717) is 16.3 Å². The van der Waals surface area contributed by atoms with E-state index in [9.17, 15) is 14.4 Å². The van der Waals surface area contributed by atoms with Crippen LogP contribution in [0.1, 0.15) is 39.9 Å². The summed E-state index contributed by atoms with van der Waals surface area (Å²) in [6, 6.07) is 10.5. The van der Waals surface area contributed by atoms with Crippen LogP contribution in [0.25, 0.3) is 0 Å². The van der Waals surface area contributed by atoms with Gasteiger partial charge in [-0.1, -0.05) is 23.7 Å². The summed E-state index contributed by atoms with van der Waals surface area (Å²) in [7, 11) is 0. The third-order valence-corrected chi connectivity index (χ3v) is 4.67. The summed E-state index contributed by atoms with van der Waals surface area (Å²) in [6.07, 6.45) is 0.0357. The number of ketones is 1. The quantitative estimate of drug-likeness (QED) is 0.548. The molecule has 0 aliphatic rings. The Kier molecular flexibility index (Phi) is 7.58. The van der Waals surface area contributed by atoms with Crippen LogP contribution in [0.5, 0.6) is 5.75 Å². The van der Waals surface area contributed by atoms with Gasteiger partial charge in [0.1, 0.15) is 5.75 Å². The SMILES string of the molecule is Cc1ccc(C(=O)CCC(=O)NNC(=O)COc2ccc(Cl)c(C)c2)cc1C. The van der Waals surface area contributed by atoms with Gasteiger partial charge in [0.25, 0.3) is 5.91 Å². The first-order valence-electron chi connectivity index (χ1n) is 8.83. The highest BCUT2D eigenvalue weighted by Gasteiger charge is 2.11. The van der Waals surface area contributed by atoms with Gasteiger partial charge in [0.05, 0.1) is 0 Å². The van der Waals surface area contributed by atoms with Gasteiger partial charge in [0, 0.05) is 23.4 Å². The molecular formula is C21H23ClN2O4. The normalized spacial score (nSPS) is 10.3. The highest BCUT2D eigenvalue weighted by Crippen LogP contribution is 2.20. The van der Waals surface area contributed by atoms with Gasteiger partial charge in [-0.15, -0.1) is 0 Å². The molecule has 2 rings (SSSR count). The molecule has 2 aromatic carbocycles. The van der Waals surface area contributed by atoms with Crippen LogP contribution in [0.2, 0.25) is 5.02 Å². The second kappa shape index (κ2) is 9.90. The smallest absolute Gasteiger partial charge is 0.276 e. The number of benzene rings is 2. The molecule has 0 saturated carbocycles. The molecule has 0 saturated heterocycles. The second-order valence-electron chi connectivity index (χ2n) is 6.52. The molecule has 0 aliphatic heterocycles. The van der Waals surface area contributed by atoms with Crippen LogP contribution < -0.4 is 15.6 Å². The third-order valence-electron chi connectivity index (χ3n) is 4.25. The molecule has 0 fully saturated rings. The maximum absolute atomic E-state index is 12.2. The molecule has 2 N–H and O–H groups in total. The number of aryl methyl sites for hydroxylation is 3. The summed E-state index contributed by atoms with van der Waals surface area (Å²) in [4.78, 5) is 35.7. The number of ether oxygens (including phenoxy) is 1. The maximum Gasteiger partial charge on any atom is 0.276 e. The van der Waals surface area contributed by atoms with Gasteiger partial charge < -0.3 is 4.74 Å². The summed E-state index contributed by atoms with van der Waals surface area (Å²) in [5, 5.41) is 0.611.